The maximum absolute atomic E-state index is 10.00. The van der Waals surface area contributed by atoms with Gasteiger partial charge in [0.25, 0.3) is 0 Å². The van der Waals surface area contributed by atoms with Gasteiger partial charge in [0.2, 0.25) is 0 Å². The van der Waals surface area contributed by atoms with Crippen molar-refractivity contribution < 1.29 is 5.11 Å². The van der Waals surface area contributed by atoms with Crippen LogP contribution in [-0.2, 0) is 0 Å². The molecule has 0 saturated carbocycles. The first kappa shape index (κ1) is 9.40. The predicted molar refractivity (Wildman–Crippen MR) is 51.5 cm³/mol. The van der Waals surface area contributed by atoms with Crippen molar-refractivity contribution in [1.29, 1.82) is 0 Å². The SMILES string of the molecule is OC1(CNC2CCCN2)CCNC1. The molecule has 0 bridgehead atoms. The summed E-state index contributed by atoms with van der Waals surface area (Å²) in [5.74, 6) is 0. The van der Waals surface area contributed by atoms with Crippen LogP contribution in [0.25, 0.3) is 0 Å². The Labute approximate surface area is 79.1 Å². The zero-order valence-corrected chi connectivity index (χ0v) is 7.97. The second kappa shape index (κ2) is 3.92. The van der Waals surface area contributed by atoms with Crippen molar-refractivity contribution in [2.24, 2.45) is 0 Å². The smallest absolute Gasteiger partial charge is 0.0907 e. The number of rotatable bonds is 3. The molecule has 2 atom stereocenters. The molecule has 0 aromatic carbocycles. The Morgan fingerprint density at radius 1 is 1.46 bits per heavy atom. The lowest BCUT2D eigenvalue weighted by Gasteiger charge is -2.24. The summed E-state index contributed by atoms with van der Waals surface area (Å²) in [6.07, 6.45) is 3.72. The maximum Gasteiger partial charge on any atom is 0.0907 e. The normalized spacial score (nSPS) is 39.9. The zero-order chi connectivity index (χ0) is 9.15. The summed E-state index contributed by atoms with van der Waals surface area (Å²) in [6.45, 7) is 3.48. The lowest BCUT2D eigenvalue weighted by molar-refractivity contribution is 0.0575. The van der Waals surface area contributed by atoms with Crippen LogP contribution in [-0.4, -0.2) is 43.1 Å². The van der Waals surface area contributed by atoms with Crippen LogP contribution < -0.4 is 16.0 Å². The van der Waals surface area contributed by atoms with E-state index in [4.69, 9.17) is 0 Å². The Morgan fingerprint density at radius 2 is 2.38 bits per heavy atom. The van der Waals surface area contributed by atoms with Crippen LogP contribution in [0.2, 0.25) is 0 Å². The van der Waals surface area contributed by atoms with Gasteiger partial charge in [-0.2, -0.15) is 0 Å². The molecule has 4 nitrogen and oxygen atoms in total. The molecule has 4 N–H and O–H groups in total. The van der Waals surface area contributed by atoms with Crippen LogP contribution in [0.5, 0.6) is 0 Å². The van der Waals surface area contributed by atoms with Gasteiger partial charge in [-0.15, -0.1) is 0 Å². The Kier molecular flexibility index (Phi) is 2.83. The van der Waals surface area contributed by atoms with Gasteiger partial charge in [-0.05, 0) is 32.4 Å². The zero-order valence-electron chi connectivity index (χ0n) is 7.97. The second-order valence-corrected chi connectivity index (χ2v) is 4.18. The van der Waals surface area contributed by atoms with Crippen LogP contribution in [0.15, 0.2) is 0 Å². The summed E-state index contributed by atoms with van der Waals surface area (Å²) < 4.78 is 0. The molecule has 0 aliphatic carbocycles. The quantitative estimate of drug-likeness (QED) is 0.456. The van der Waals surface area contributed by atoms with Crippen molar-refractivity contribution in [2.75, 3.05) is 26.2 Å². The summed E-state index contributed by atoms with van der Waals surface area (Å²) in [4.78, 5) is 0. The fourth-order valence-electron chi connectivity index (χ4n) is 2.05. The molecule has 0 spiro atoms. The molecular formula is C9H19N3O. The van der Waals surface area contributed by atoms with E-state index in [1.54, 1.807) is 0 Å². The van der Waals surface area contributed by atoms with Gasteiger partial charge in [0, 0.05) is 13.1 Å². The Morgan fingerprint density at radius 3 is 3.00 bits per heavy atom. The molecule has 2 saturated heterocycles. The highest BCUT2D eigenvalue weighted by atomic mass is 16.3. The van der Waals surface area contributed by atoms with Crippen molar-refractivity contribution in [1.82, 2.24) is 16.0 Å². The van der Waals surface area contributed by atoms with Crippen LogP contribution in [0, 0.1) is 0 Å². The fraction of sp³-hybridized carbons (Fsp3) is 1.00. The van der Waals surface area contributed by atoms with Crippen molar-refractivity contribution >= 4 is 0 Å². The molecule has 0 radical (unpaired) electrons. The molecule has 76 valence electrons. The molecule has 2 fully saturated rings. The van der Waals surface area contributed by atoms with Gasteiger partial charge in [0.05, 0.1) is 11.8 Å². The topological polar surface area (TPSA) is 56.3 Å². The summed E-state index contributed by atoms with van der Waals surface area (Å²) in [6, 6.07) is 0. The molecule has 2 aliphatic heterocycles. The molecular weight excluding hydrogens is 166 g/mol. The molecule has 2 unspecified atom stereocenters. The Balaban J connectivity index is 1.71. The highest BCUT2D eigenvalue weighted by molar-refractivity contribution is 4.90. The fourth-order valence-corrected chi connectivity index (χ4v) is 2.05. The molecule has 2 aliphatic rings. The van der Waals surface area contributed by atoms with Crippen LogP contribution in [0.4, 0.5) is 0 Å². The van der Waals surface area contributed by atoms with E-state index in [-0.39, 0.29) is 0 Å². The summed E-state index contributed by atoms with van der Waals surface area (Å²) in [5, 5.41) is 19.9. The minimum atomic E-state index is -0.510. The number of hydrogen-bond donors (Lipinski definition) is 4. The Hall–Kier alpha value is -0.160. The van der Waals surface area contributed by atoms with Gasteiger partial charge in [-0.1, -0.05) is 0 Å². The van der Waals surface area contributed by atoms with Crippen molar-refractivity contribution in [3.8, 4) is 0 Å². The lowest BCUT2D eigenvalue weighted by atomic mass is 10.0. The maximum atomic E-state index is 10.00. The van der Waals surface area contributed by atoms with Gasteiger partial charge < -0.3 is 15.7 Å². The van der Waals surface area contributed by atoms with E-state index in [1.165, 1.54) is 12.8 Å². The molecule has 13 heavy (non-hydrogen) atoms. The second-order valence-electron chi connectivity index (χ2n) is 4.18. The van der Waals surface area contributed by atoms with Gasteiger partial charge >= 0.3 is 0 Å². The van der Waals surface area contributed by atoms with Crippen LogP contribution in [0.3, 0.4) is 0 Å². The van der Waals surface area contributed by atoms with Crippen molar-refractivity contribution in [3.05, 3.63) is 0 Å². The van der Waals surface area contributed by atoms with E-state index in [2.05, 4.69) is 16.0 Å². The average Bonchev–Trinajstić information content (AvgIpc) is 2.72. The van der Waals surface area contributed by atoms with Gasteiger partial charge in [-0.3, -0.25) is 5.32 Å². The molecule has 0 amide bonds. The van der Waals surface area contributed by atoms with Gasteiger partial charge in [0.15, 0.2) is 0 Å². The van der Waals surface area contributed by atoms with Gasteiger partial charge in [0.1, 0.15) is 0 Å². The molecule has 4 heteroatoms. The van der Waals surface area contributed by atoms with E-state index < -0.39 is 5.60 Å². The third-order valence-corrected chi connectivity index (χ3v) is 2.96. The van der Waals surface area contributed by atoms with E-state index in [1.807, 2.05) is 0 Å². The average molecular weight is 185 g/mol. The first-order chi connectivity index (χ1) is 6.29. The number of nitrogens with one attached hydrogen (secondary N) is 3. The molecule has 2 heterocycles. The van der Waals surface area contributed by atoms with E-state index >= 15 is 0 Å². The predicted octanol–water partition coefficient (Wildman–Crippen LogP) is -0.990. The van der Waals surface area contributed by atoms with Crippen LogP contribution >= 0.6 is 0 Å². The third-order valence-electron chi connectivity index (χ3n) is 2.96. The summed E-state index contributed by atoms with van der Waals surface area (Å²) in [7, 11) is 0. The minimum absolute atomic E-state index is 0.421. The van der Waals surface area contributed by atoms with Crippen molar-refractivity contribution in [2.45, 2.75) is 31.0 Å². The van der Waals surface area contributed by atoms with Crippen LogP contribution in [0.1, 0.15) is 19.3 Å². The summed E-state index contributed by atoms with van der Waals surface area (Å²) in [5.41, 5.74) is -0.510. The number of aliphatic hydroxyl groups is 1. The van der Waals surface area contributed by atoms with Gasteiger partial charge in [-0.25, -0.2) is 0 Å². The monoisotopic (exact) mass is 185 g/mol. The molecule has 0 aromatic heterocycles. The standard InChI is InChI=1S/C9H19N3O/c13-9(3-5-10-6-9)7-12-8-2-1-4-11-8/h8,10-13H,1-7H2. The first-order valence-electron chi connectivity index (χ1n) is 5.18. The third kappa shape index (κ3) is 2.40. The highest BCUT2D eigenvalue weighted by Crippen LogP contribution is 2.13. The van der Waals surface area contributed by atoms with Crippen molar-refractivity contribution in [3.63, 3.8) is 0 Å². The summed E-state index contributed by atoms with van der Waals surface area (Å²) >= 11 is 0. The van der Waals surface area contributed by atoms with E-state index in [9.17, 15) is 5.11 Å². The lowest BCUT2D eigenvalue weighted by Crippen LogP contribution is -2.48. The first-order valence-corrected chi connectivity index (χ1v) is 5.18. The molecule has 2 rings (SSSR count). The Bertz CT molecular complexity index is 162. The number of hydrogen-bond acceptors (Lipinski definition) is 4. The van der Waals surface area contributed by atoms with E-state index in [0.717, 1.165) is 26.1 Å². The minimum Gasteiger partial charge on any atom is -0.387 e. The highest BCUT2D eigenvalue weighted by Gasteiger charge is 2.31. The molecule has 0 aromatic rings. The largest absolute Gasteiger partial charge is 0.387 e. The van der Waals surface area contributed by atoms with E-state index in [0.29, 0.717) is 12.7 Å². The number of β-amino-alcohol motifs (C(OH)–C–C–N with tert-alkyl or cyclic N) is 1.